The van der Waals surface area contributed by atoms with Crippen LogP contribution in [-0.2, 0) is 0 Å². The molecule has 0 spiro atoms. The zero-order valence-electron chi connectivity index (χ0n) is 4.52. The molecule has 0 bridgehead atoms. The van der Waals surface area contributed by atoms with Gasteiger partial charge in [-0.05, 0) is 13.8 Å². The van der Waals surface area contributed by atoms with E-state index in [1.807, 2.05) is 0 Å². The monoisotopic (exact) mass is 143 g/mol. The van der Waals surface area contributed by atoms with Gasteiger partial charge < -0.3 is 5.32 Å². The van der Waals surface area contributed by atoms with Crippen molar-refractivity contribution in [1.29, 1.82) is 0 Å². The maximum Gasteiger partial charge on any atom is 0.0250 e. The van der Waals surface area contributed by atoms with E-state index in [1.165, 1.54) is 6.54 Å². The van der Waals surface area contributed by atoms with Crippen LogP contribution in [0.2, 0.25) is 0 Å². The number of hydrogen-bond acceptors (Lipinski definition) is 1. The lowest BCUT2D eigenvalue weighted by Crippen LogP contribution is -1.98. The Balaban J connectivity index is 0. The highest BCUT2D eigenvalue weighted by Gasteiger charge is 2.29. The average molecular weight is 144 g/mol. The van der Waals surface area contributed by atoms with Crippen molar-refractivity contribution < 1.29 is 0 Å². The van der Waals surface area contributed by atoms with Gasteiger partial charge >= 0.3 is 0 Å². The summed E-state index contributed by atoms with van der Waals surface area (Å²) in [5, 5.41) is 3.17. The fourth-order valence-corrected chi connectivity index (χ4v) is 0.177. The second-order valence-electron chi connectivity index (χ2n) is 2.24. The lowest BCUT2D eigenvalue weighted by molar-refractivity contribution is 0.786. The van der Waals surface area contributed by atoms with Crippen LogP contribution in [0.4, 0.5) is 0 Å². The minimum absolute atomic E-state index is 0. The summed E-state index contributed by atoms with van der Waals surface area (Å²) in [6.07, 6.45) is 0. The summed E-state index contributed by atoms with van der Waals surface area (Å²) in [4.78, 5) is 0. The van der Waals surface area contributed by atoms with Gasteiger partial charge in [-0.15, -0.1) is 24.8 Å². The van der Waals surface area contributed by atoms with Gasteiger partial charge in [0.25, 0.3) is 0 Å². The summed E-state index contributed by atoms with van der Waals surface area (Å²) in [5.41, 5.74) is 0.500. The number of hydrogen-bond donors (Lipinski definition) is 1. The molecule has 1 aliphatic heterocycles. The Hall–Kier alpha value is 0.540. The lowest BCUT2D eigenvalue weighted by Gasteiger charge is -1.84. The predicted octanol–water partition coefficient (Wildman–Crippen LogP) is 1.21. The summed E-state index contributed by atoms with van der Waals surface area (Å²) < 4.78 is 0. The fraction of sp³-hybridized carbons (Fsp3) is 1.00. The minimum atomic E-state index is 0. The highest BCUT2D eigenvalue weighted by Crippen LogP contribution is 2.11. The van der Waals surface area contributed by atoms with E-state index in [-0.39, 0.29) is 24.8 Å². The molecule has 1 rings (SSSR count). The van der Waals surface area contributed by atoms with Crippen LogP contribution in [0, 0.1) is 0 Å². The van der Waals surface area contributed by atoms with E-state index < -0.39 is 0 Å². The van der Waals surface area contributed by atoms with E-state index in [9.17, 15) is 0 Å². The van der Waals surface area contributed by atoms with E-state index in [0.29, 0.717) is 5.54 Å². The molecule has 0 aromatic heterocycles. The van der Waals surface area contributed by atoms with Crippen LogP contribution < -0.4 is 5.32 Å². The van der Waals surface area contributed by atoms with Crippen molar-refractivity contribution in [2.45, 2.75) is 19.4 Å². The molecule has 0 saturated carbocycles. The van der Waals surface area contributed by atoms with Crippen molar-refractivity contribution in [3.8, 4) is 0 Å². The van der Waals surface area contributed by atoms with Gasteiger partial charge in [-0.1, -0.05) is 0 Å². The van der Waals surface area contributed by atoms with Crippen molar-refractivity contribution >= 4 is 24.8 Å². The van der Waals surface area contributed by atoms with Crippen molar-refractivity contribution in [2.24, 2.45) is 0 Å². The lowest BCUT2D eigenvalue weighted by atomic mass is 10.3. The van der Waals surface area contributed by atoms with Gasteiger partial charge in [0.1, 0.15) is 0 Å². The Morgan fingerprint density at radius 3 is 1.43 bits per heavy atom. The molecular weight excluding hydrogens is 133 g/mol. The Labute approximate surface area is 56.7 Å². The number of rotatable bonds is 0. The first-order chi connectivity index (χ1) is 2.21. The van der Waals surface area contributed by atoms with Crippen molar-refractivity contribution in [3.63, 3.8) is 0 Å². The largest absolute Gasteiger partial charge is 0.309 e. The molecule has 0 aliphatic carbocycles. The van der Waals surface area contributed by atoms with E-state index >= 15 is 0 Å². The topological polar surface area (TPSA) is 21.9 Å². The SMILES string of the molecule is CC1(C)CN1.Cl.Cl. The summed E-state index contributed by atoms with van der Waals surface area (Å²) >= 11 is 0. The van der Waals surface area contributed by atoms with E-state index in [1.54, 1.807) is 0 Å². The Morgan fingerprint density at radius 1 is 1.29 bits per heavy atom. The molecule has 1 aliphatic rings. The van der Waals surface area contributed by atoms with Gasteiger partial charge in [-0.3, -0.25) is 0 Å². The first-order valence-electron chi connectivity index (χ1n) is 1.96. The highest BCUT2D eigenvalue weighted by atomic mass is 35.5. The third-order valence-electron chi connectivity index (χ3n) is 0.884. The Morgan fingerprint density at radius 2 is 1.43 bits per heavy atom. The predicted molar refractivity (Wildman–Crippen MR) is 36.6 cm³/mol. The Kier molecular flexibility index (Phi) is 4.13. The molecule has 46 valence electrons. The zero-order valence-corrected chi connectivity index (χ0v) is 6.16. The molecule has 1 N–H and O–H groups in total. The zero-order chi connectivity index (χ0) is 3.91. The third-order valence-corrected chi connectivity index (χ3v) is 0.884. The Bertz CT molecular complexity index is 47.7. The smallest absolute Gasteiger partial charge is 0.0250 e. The van der Waals surface area contributed by atoms with Crippen molar-refractivity contribution in [2.75, 3.05) is 6.54 Å². The first-order valence-corrected chi connectivity index (χ1v) is 1.96. The fourth-order valence-electron chi connectivity index (χ4n) is 0.177. The van der Waals surface area contributed by atoms with Crippen LogP contribution in [0.15, 0.2) is 0 Å². The van der Waals surface area contributed by atoms with Crippen LogP contribution in [0.25, 0.3) is 0 Å². The molecule has 1 nitrogen and oxygen atoms in total. The molecule has 0 radical (unpaired) electrons. The van der Waals surface area contributed by atoms with Gasteiger partial charge in [-0.25, -0.2) is 0 Å². The molecule has 0 atom stereocenters. The van der Waals surface area contributed by atoms with Crippen LogP contribution in [0.3, 0.4) is 0 Å². The van der Waals surface area contributed by atoms with E-state index in [2.05, 4.69) is 19.2 Å². The molecular formula is C4H11Cl2N. The average Bonchev–Trinajstić information content (AvgIpc) is 1.76. The van der Waals surface area contributed by atoms with E-state index in [4.69, 9.17) is 0 Å². The maximum absolute atomic E-state index is 3.17. The molecule has 1 heterocycles. The quantitative estimate of drug-likeness (QED) is 0.507. The van der Waals surface area contributed by atoms with Gasteiger partial charge in [-0.2, -0.15) is 0 Å². The summed E-state index contributed by atoms with van der Waals surface area (Å²) in [7, 11) is 0. The summed E-state index contributed by atoms with van der Waals surface area (Å²) in [5.74, 6) is 0. The summed E-state index contributed by atoms with van der Waals surface area (Å²) in [6.45, 7) is 5.58. The second-order valence-corrected chi connectivity index (χ2v) is 2.24. The van der Waals surface area contributed by atoms with Gasteiger partial charge in [0.15, 0.2) is 0 Å². The van der Waals surface area contributed by atoms with E-state index in [0.717, 1.165) is 0 Å². The highest BCUT2D eigenvalue weighted by molar-refractivity contribution is 5.85. The third kappa shape index (κ3) is 4.39. The van der Waals surface area contributed by atoms with Gasteiger partial charge in [0.05, 0.1) is 0 Å². The second kappa shape index (κ2) is 2.75. The molecule has 3 heteroatoms. The van der Waals surface area contributed by atoms with Crippen LogP contribution in [0.1, 0.15) is 13.8 Å². The normalized spacial score (nSPS) is 21.4. The van der Waals surface area contributed by atoms with Gasteiger partial charge in [0, 0.05) is 12.1 Å². The molecule has 0 aromatic carbocycles. The van der Waals surface area contributed by atoms with Gasteiger partial charge in [0.2, 0.25) is 0 Å². The van der Waals surface area contributed by atoms with Crippen LogP contribution in [-0.4, -0.2) is 12.1 Å². The van der Waals surface area contributed by atoms with Crippen LogP contribution in [0.5, 0.6) is 0 Å². The molecule has 0 aromatic rings. The summed E-state index contributed by atoms with van der Waals surface area (Å²) in [6, 6.07) is 0. The molecule has 7 heavy (non-hydrogen) atoms. The molecule has 1 saturated heterocycles. The number of nitrogens with one attached hydrogen (secondary N) is 1. The standard InChI is InChI=1S/C4H9N.2ClH/c1-4(2)3-5-4;;/h5H,3H2,1-2H3;2*1H. The first kappa shape index (κ1) is 10.5. The molecule has 0 unspecified atom stereocenters. The molecule has 0 amide bonds. The van der Waals surface area contributed by atoms with Crippen molar-refractivity contribution in [3.05, 3.63) is 0 Å². The minimum Gasteiger partial charge on any atom is -0.309 e. The number of halogens is 2. The maximum atomic E-state index is 3.17. The van der Waals surface area contributed by atoms with Crippen LogP contribution >= 0.6 is 24.8 Å². The molecule has 1 fully saturated rings. The van der Waals surface area contributed by atoms with Crippen molar-refractivity contribution in [1.82, 2.24) is 5.32 Å².